The van der Waals surface area contributed by atoms with E-state index in [2.05, 4.69) is 58.0 Å². The summed E-state index contributed by atoms with van der Waals surface area (Å²) in [5, 5.41) is 0. The van der Waals surface area contributed by atoms with Crippen molar-refractivity contribution in [2.75, 3.05) is 33.5 Å². The van der Waals surface area contributed by atoms with Gasteiger partial charge in [-0.05, 0) is 89.2 Å². The Bertz CT molecular complexity index is 1470. The summed E-state index contributed by atoms with van der Waals surface area (Å²) in [5.41, 5.74) is 6.06. The highest BCUT2D eigenvalue weighted by molar-refractivity contribution is 5.97. The van der Waals surface area contributed by atoms with Crippen LogP contribution in [0.4, 0.5) is 0 Å². The predicted molar refractivity (Wildman–Crippen MR) is 159 cm³/mol. The van der Waals surface area contributed by atoms with Crippen LogP contribution in [0.5, 0.6) is 11.5 Å². The van der Waals surface area contributed by atoms with Crippen molar-refractivity contribution in [1.29, 1.82) is 0 Å². The minimum atomic E-state index is -0.473. The molecule has 0 heterocycles. The molecular formula is C35H40O6. The molecule has 0 fully saturated rings. The molecule has 2 aliphatic carbocycles. The van der Waals surface area contributed by atoms with Gasteiger partial charge in [-0.25, -0.2) is 4.79 Å². The molecule has 0 aliphatic heterocycles. The molecule has 3 aromatic rings. The molecule has 0 aromatic heterocycles. The Morgan fingerprint density at radius 1 is 0.683 bits per heavy atom. The number of hydrogen-bond donors (Lipinski definition) is 0. The molecule has 2 aliphatic rings. The Hall–Kier alpha value is -3.64. The van der Waals surface area contributed by atoms with Crippen LogP contribution in [0, 0.1) is 0 Å². The minimum Gasteiger partial charge on any atom is -0.491 e. The van der Waals surface area contributed by atoms with Crippen LogP contribution in [0.15, 0.2) is 60.7 Å². The second-order valence-corrected chi connectivity index (χ2v) is 12.6. The highest BCUT2D eigenvalue weighted by atomic mass is 16.6. The summed E-state index contributed by atoms with van der Waals surface area (Å²) < 4.78 is 22.8. The summed E-state index contributed by atoms with van der Waals surface area (Å²) >= 11 is 0. The number of rotatable bonds is 10. The van der Waals surface area contributed by atoms with Crippen molar-refractivity contribution in [2.24, 2.45) is 0 Å². The third-order valence-corrected chi connectivity index (χ3v) is 8.61. The topological polar surface area (TPSA) is 71.1 Å². The molecule has 0 amide bonds. The van der Waals surface area contributed by atoms with Crippen molar-refractivity contribution in [3.63, 3.8) is 0 Å². The first-order valence-electron chi connectivity index (χ1n) is 14.3. The summed E-state index contributed by atoms with van der Waals surface area (Å²) in [6.45, 7) is 12.2. The lowest BCUT2D eigenvalue weighted by atomic mass is 9.72. The maximum absolute atomic E-state index is 12.5. The number of benzene rings is 3. The Kier molecular flexibility index (Phi) is 7.73. The first-order chi connectivity index (χ1) is 19.5. The largest absolute Gasteiger partial charge is 0.491 e. The van der Waals surface area contributed by atoms with Gasteiger partial charge in [-0.1, -0.05) is 52.0 Å². The van der Waals surface area contributed by atoms with E-state index >= 15 is 0 Å². The predicted octanol–water partition coefficient (Wildman–Crippen LogP) is 6.80. The van der Waals surface area contributed by atoms with Gasteiger partial charge in [0.25, 0.3) is 0 Å². The van der Waals surface area contributed by atoms with Gasteiger partial charge in [-0.15, -0.1) is 0 Å². The second kappa shape index (κ2) is 11.0. The Morgan fingerprint density at radius 2 is 1.22 bits per heavy atom. The molecule has 0 saturated heterocycles. The van der Waals surface area contributed by atoms with E-state index in [-0.39, 0.29) is 35.2 Å². The number of carbonyl (C=O) groups excluding carboxylic acids is 2. The van der Waals surface area contributed by atoms with Gasteiger partial charge in [-0.2, -0.15) is 0 Å². The quantitative estimate of drug-likeness (QED) is 0.155. The fourth-order valence-corrected chi connectivity index (χ4v) is 6.97. The molecule has 1 unspecified atom stereocenters. The van der Waals surface area contributed by atoms with Crippen LogP contribution in [0.3, 0.4) is 0 Å². The molecule has 5 rings (SSSR count). The van der Waals surface area contributed by atoms with E-state index in [0.29, 0.717) is 24.3 Å². The van der Waals surface area contributed by atoms with Crippen molar-refractivity contribution >= 4 is 11.8 Å². The van der Waals surface area contributed by atoms with Gasteiger partial charge < -0.3 is 18.9 Å². The van der Waals surface area contributed by atoms with Crippen LogP contribution in [-0.4, -0.2) is 45.3 Å². The van der Waals surface area contributed by atoms with Crippen LogP contribution in [0.2, 0.25) is 0 Å². The standard InChI is InChI=1S/C35H40O6/c1-23(36)24-8-7-9-25(18-24)32(37)41-17-16-40-27-11-13-29-31(20-27)35(22-34(29,4)5)21-33(2,3)28-12-10-26(19-30(28)35)39-15-14-38-6/h7-13,18-20H,14-17,21-22H2,1-6H3. The minimum absolute atomic E-state index is 0.00239. The molecule has 1 atom stereocenters. The molecule has 41 heavy (non-hydrogen) atoms. The second-order valence-electron chi connectivity index (χ2n) is 12.6. The molecule has 6 heteroatoms. The van der Waals surface area contributed by atoms with E-state index in [4.69, 9.17) is 18.9 Å². The lowest BCUT2D eigenvalue weighted by Crippen LogP contribution is -2.27. The molecular weight excluding hydrogens is 516 g/mol. The average molecular weight is 557 g/mol. The maximum atomic E-state index is 12.5. The third-order valence-electron chi connectivity index (χ3n) is 8.61. The van der Waals surface area contributed by atoms with Crippen LogP contribution >= 0.6 is 0 Å². The fraction of sp³-hybridized carbons (Fsp3) is 0.429. The number of ketones is 1. The summed E-state index contributed by atoms with van der Waals surface area (Å²) in [4.78, 5) is 24.1. The summed E-state index contributed by atoms with van der Waals surface area (Å²) in [6, 6.07) is 19.5. The molecule has 0 saturated carbocycles. The van der Waals surface area contributed by atoms with Gasteiger partial charge >= 0.3 is 5.97 Å². The van der Waals surface area contributed by atoms with Gasteiger partial charge in [0.1, 0.15) is 31.3 Å². The summed E-state index contributed by atoms with van der Waals surface area (Å²) in [6.07, 6.45) is 2.02. The SMILES string of the molecule is COCCOc1ccc2c(c1)C1(CC2(C)C)CC(C)(C)c2ccc(OCCOC(=O)c3cccc(C(C)=O)c3)cc21. The number of esters is 1. The molecule has 0 bridgehead atoms. The Balaban J connectivity index is 1.36. The number of methoxy groups -OCH3 is 1. The molecule has 3 aromatic carbocycles. The van der Waals surface area contributed by atoms with E-state index in [1.54, 1.807) is 31.4 Å². The number of ether oxygens (including phenoxy) is 4. The zero-order valence-electron chi connectivity index (χ0n) is 25.0. The zero-order valence-corrected chi connectivity index (χ0v) is 25.0. The van der Waals surface area contributed by atoms with Gasteiger partial charge in [-0.3, -0.25) is 4.79 Å². The summed E-state index contributed by atoms with van der Waals surface area (Å²) in [7, 11) is 1.68. The number of hydrogen-bond acceptors (Lipinski definition) is 6. The zero-order chi connectivity index (χ0) is 29.4. The molecule has 1 spiro atoms. The van der Waals surface area contributed by atoms with Gasteiger partial charge in [0.15, 0.2) is 5.78 Å². The number of carbonyl (C=O) groups is 2. The van der Waals surface area contributed by atoms with Crippen LogP contribution in [0.1, 0.15) is 90.4 Å². The first kappa shape index (κ1) is 28.9. The van der Waals surface area contributed by atoms with Gasteiger partial charge in [0.2, 0.25) is 0 Å². The fourth-order valence-electron chi connectivity index (χ4n) is 6.97. The van der Waals surface area contributed by atoms with Gasteiger partial charge in [0, 0.05) is 18.1 Å². The number of Topliss-reactive ketones (excluding diaryl/α,β-unsaturated/α-hetero) is 1. The highest BCUT2D eigenvalue weighted by Gasteiger charge is 2.56. The van der Waals surface area contributed by atoms with E-state index in [9.17, 15) is 9.59 Å². The molecule has 0 radical (unpaired) electrons. The van der Waals surface area contributed by atoms with Crippen molar-refractivity contribution in [3.05, 3.63) is 94.0 Å². The lowest BCUT2D eigenvalue weighted by molar-refractivity contribution is 0.0450. The molecule has 0 N–H and O–H groups in total. The smallest absolute Gasteiger partial charge is 0.338 e. The Labute approximate surface area is 243 Å². The average Bonchev–Trinajstić information content (AvgIpc) is 3.30. The third kappa shape index (κ3) is 5.50. The number of fused-ring (bicyclic) bond motifs is 4. The van der Waals surface area contributed by atoms with Crippen molar-refractivity contribution < 1.29 is 28.5 Å². The monoisotopic (exact) mass is 556 g/mol. The van der Waals surface area contributed by atoms with E-state index < -0.39 is 5.97 Å². The first-order valence-corrected chi connectivity index (χ1v) is 14.3. The van der Waals surface area contributed by atoms with Crippen molar-refractivity contribution in [3.8, 4) is 11.5 Å². The normalized spacial score (nSPS) is 19.5. The van der Waals surface area contributed by atoms with E-state index in [1.165, 1.54) is 29.2 Å². The Morgan fingerprint density at radius 3 is 1.76 bits per heavy atom. The molecule has 6 nitrogen and oxygen atoms in total. The highest BCUT2D eigenvalue weighted by Crippen LogP contribution is 2.63. The maximum Gasteiger partial charge on any atom is 0.338 e. The van der Waals surface area contributed by atoms with Crippen LogP contribution in [0.25, 0.3) is 0 Å². The molecule has 216 valence electrons. The summed E-state index contributed by atoms with van der Waals surface area (Å²) in [5.74, 6) is 1.06. The van der Waals surface area contributed by atoms with Crippen LogP contribution in [-0.2, 0) is 25.7 Å². The van der Waals surface area contributed by atoms with E-state index in [1.807, 2.05) is 6.07 Å². The van der Waals surface area contributed by atoms with Crippen molar-refractivity contribution in [2.45, 2.75) is 63.7 Å². The van der Waals surface area contributed by atoms with Crippen LogP contribution < -0.4 is 9.47 Å². The van der Waals surface area contributed by atoms with Gasteiger partial charge in [0.05, 0.1) is 12.2 Å². The van der Waals surface area contributed by atoms with E-state index in [0.717, 1.165) is 24.3 Å². The van der Waals surface area contributed by atoms with Crippen molar-refractivity contribution in [1.82, 2.24) is 0 Å². The lowest BCUT2D eigenvalue weighted by Gasteiger charge is -2.30.